The number of H-pyrrole nitrogens is 1. The highest BCUT2D eigenvalue weighted by atomic mass is 35.5. The van der Waals surface area contributed by atoms with E-state index in [0.717, 1.165) is 10.3 Å². The van der Waals surface area contributed by atoms with Crippen molar-refractivity contribution in [2.75, 3.05) is 19.0 Å². The molecule has 0 aliphatic heterocycles. The van der Waals surface area contributed by atoms with E-state index in [-0.39, 0.29) is 22.0 Å². The van der Waals surface area contributed by atoms with Gasteiger partial charge in [0.1, 0.15) is 6.04 Å². The van der Waals surface area contributed by atoms with Gasteiger partial charge < -0.3 is 20.3 Å². The average molecular weight is 541 g/mol. The molecule has 1 amide bonds. The number of carboxylic acid groups (broad SMARTS) is 1. The predicted molar refractivity (Wildman–Crippen MR) is 144 cm³/mol. The van der Waals surface area contributed by atoms with E-state index in [9.17, 15) is 24.3 Å². The van der Waals surface area contributed by atoms with Crippen molar-refractivity contribution in [1.82, 2.24) is 14.9 Å². The van der Waals surface area contributed by atoms with Gasteiger partial charge in [0.2, 0.25) is 0 Å². The normalized spacial score (nSPS) is 11.8. The minimum Gasteiger partial charge on any atom is -0.480 e. The zero-order chi connectivity index (χ0) is 26.9. The number of hydrogen-bond acceptors (Lipinski definition) is 5. The summed E-state index contributed by atoms with van der Waals surface area (Å²) < 4.78 is 1.02. The highest BCUT2D eigenvalue weighted by Crippen LogP contribution is 2.24. The smallest absolute Gasteiger partial charge is 0.333 e. The molecule has 1 heterocycles. The number of aromatic nitrogens is 2. The first-order valence-electron chi connectivity index (χ1n) is 11.1. The Kier molecular flexibility index (Phi) is 7.37. The average Bonchev–Trinajstić information content (AvgIpc) is 2.84. The number of aliphatic carboxylic acids is 1. The van der Waals surface area contributed by atoms with Crippen LogP contribution in [-0.2, 0) is 11.2 Å². The number of carbonyl (C=O) groups excluding carboxylic acids is 1. The fourth-order valence-corrected chi connectivity index (χ4v) is 4.45. The van der Waals surface area contributed by atoms with Crippen molar-refractivity contribution in [2.45, 2.75) is 12.5 Å². The lowest BCUT2D eigenvalue weighted by Crippen LogP contribution is -2.42. The molecule has 3 aromatic carbocycles. The monoisotopic (exact) mass is 540 g/mol. The molecule has 1 aromatic heterocycles. The lowest BCUT2D eigenvalue weighted by atomic mass is 10.0. The van der Waals surface area contributed by atoms with Gasteiger partial charge in [0.25, 0.3) is 11.5 Å². The molecule has 0 saturated heterocycles. The minimum absolute atomic E-state index is 0.0141. The van der Waals surface area contributed by atoms with Crippen molar-refractivity contribution < 1.29 is 14.7 Å². The summed E-state index contributed by atoms with van der Waals surface area (Å²) in [7, 11) is 3.69. The summed E-state index contributed by atoms with van der Waals surface area (Å²) in [5.74, 6) is -1.97. The van der Waals surface area contributed by atoms with E-state index < -0.39 is 29.2 Å². The molecule has 4 rings (SSSR count). The van der Waals surface area contributed by atoms with Crippen LogP contribution in [0.1, 0.15) is 15.9 Å². The van der Waals surface area contributed by atoms with Crippen molar-refractivity contribution in [2.24, 2.45) is 0 Å². The summed E-state index contributed by atoms with van der Waals surface area (Å²) in [5.41, 5.74) is 0.996. The zero-order valence-electron chi connectivity index (χ0n) is 19.8. The van der Waals surface area contributed by atoms with Crippen molar-refractivity contribution in [3.63, 3.8) is 0 Å². The van der Waals surface area contributed by atoms with E-state index in [1.807, 2.05) is 19.0 Å². The molecule has 3 N–H and O–H groups in total. The molecule has 11 heteroatoms. The molecule has 0 saturated carbocycles. The number of carbonyl (C=O) groups is 2. The largest absolute Gasteiger partial charge is 0.480 e. The summed E-state index contributed by atoms with van der Waals surface area (Å²) in [4.78, 5) is 54.9. The summed E-state index contributed by atoms with van der Waals surface area (Å²) in [6.07, 6.45) is -0.0569. The highest BCUT2D eigenvalue weighted by molar-refractivity contribution is 6.39. The van der Waals surface area contributed by atoms with Crippen LogP contribution in [0.15, 0.2) is 70.3 Å². The van der Waals surface area contributed by atoms with Crippen LogP contribution in [0.5, 0.6) is 0 Å². The van der Waals surface area contributed by atoms with Crippen LogP contribution in [-0.4, -0.2) is 46.7 Å². The number of anilines is 1. The lowest BCUT2D eigenvalue weighted by molar-refractivity contribution is -0.139. The molecule has 0 radical (unpaired) electrons. The Morgan fingerprint density at radius 1 is 1.03 bits per heavy atom. The molecule has 0 bridgehead atoms. The fourth-order valence-electron chi connectivity index (χ4n) is 3.88. The van der Waals surface area contributed by atoms with E-state index in [1.54, 1.807) is 48.5 Å². The molecule has 0 aliphatic rings. The van der Waals surface area contributed by atoms with Gasteiger partial charge in [0.15, 0.2) is 0 Å². The third-order valence-corrected chi connectivity index (χ3v) is 6.46. The number of amides is 1. The van der Waals surface area contributed by atoms with Gasteiger partial charge in [-0.25, -0.2) is 14.2 Å². The van der Waals surface area contributed by atoms with Crippen molar-refractivity contribution >= 4 is 51.7 Å². The minimum atomic E-state index is -1.28. The van der Waals surface area contributed by atoms with E-state index in [2.05, 4.69) is 10.3 Å². The maximum Gasteiger partial charge on any atom is 0.333 e. The first-order valence-corrected chi connectivity index (χ1v) is 11.9. The Bertz CT molecular complexity index is 1610. The Labute approximate surface area is 220 Å². The Hall–Kier alpha value is -4.08. The lowest BCUT2D eigenvalue weighted by Gasteiger charge is -2.16. The van der Waals surface area contributed by atoms with Crippen LogP contribution in [0, 0.1) is 0 Å². The number of halogens is 2. The molecular formula is C26H22Cl2N4O5. The summed E-state index contributed by atoms with van der Waals surface area (Å²) in [6, 6.07) is 14.7. The van der Waals surface area contributed by atoms with Gasteiger partial charge in [-0.3, -0.25) is 9.59 Å². The van der Waals surface area contributed by atoms with E-state index in [0.29, 0.717) is 22.2 Å². The quantitative estimate of drug-likeness (QED) is 0.329. The van der Waals surface area contributed by atoms with Crippen molar-refractivity contribution in [1.29, 1.82) is 0 Å². The number of benzene rings is 3. The summed E-state index contributed by atoms with van der Waals surface area (Å²) in [6.45, 7) is 0. The number of carboxylic acids is 1. The number of nitrogens with zero attached hydrogens (tertiary/aromatic N) is 2. The standard InChI is InChI=1S/C26H22Cl2N4O5/c1-31(2)16-10-11-20-17(13-16)24(34)32(26(37)30-20)15-8-6-14(7-9-15)12-21(25(35)36)29-23(33)22-18(27)4-3-5-19(22)28/h3-11,13,21H,12H2,1-2H3,(H,29,33)(H,30,37)(H,35,36)/t21-/m0/s1. The third kappa shape index (κ3) is 5.37. The van der Waals surface area contributed by atoms with Gasteiger partial charge in [0, 0.05) is 26.2 Å². The topological polar surface area (TPSA) is 124 Å². The first-order chi connectivity index (χ1) is 17.6. The SMILES string of the molecule is CN(C)c1ccc2[nH]c(=O)n(-c3ccc(C[C@H](NC(=O)c4c(Cl)cccc4Cl)C(=O)O)cc3)c(=O)c2c1. The second-order valence-corrected chi connectivity index (χ2v) is 9.34. The predicted octanol–water partition coefficient (Wildman–Crippen LogP) is 3.48. The van der Waals surface area contributed by atoms with Crippen LogP contribution < -0.4 is 21.5 Å². The van der Waals surface area contributed by atoms with Crippen LogP contribution >= 0.6 is 23.2 Å². The number of fused-ring (bicyclic) bond motifs is 1. The second-order valence-electron chi connectivity index (χ2n) is 8.53. The van der Waals surface area contributed by atoms with Crippen molar-refractivity contribution in [3.8, 4) is 5.69 Å². The second kappa shape index (κ2) is 10.5. The van der Waals surface area contributed by atoms with Gasteiger partial charge in [-0.2, -0.15) is 0 Å². The van der Waals surface area contributed by atoms with E-state index >= 15 is 0 Å². The molecule has 0 unspecified atom stereocenters. The summed E-state index contributed by atoms with van der Waals surface area (Å²) >= 11 is 12.1. The van der Waals surface area contributed by atoms with Crippen LogP contribution in [0.25, 0.3) is 16.6 Å². The van der Waals surface area contributed by atoms with Crippen molar-refractivity contribution in [3.05, 3.63) is 103 Å². The zero-order valence-corrected chi connectivity index (χ0v) is 21.3. The van der Waals surface area contributed by atoms with Gasteiger partial charge in [-0.15, -0.1) is 0 Å². The maximum absolute atomic E-state index is 13.2. The highest BCUT2D eigenvalue weighted by Gasteiger charge is 2.24. The maximum atomic E-state index is 13.2. The molecule has 190 valence electrons. The number of aromatic amines is 1. The van der Waals surface area contributed by atoms with E-state index in [1.165, 1.54) is 12.1 Å². The molecule has 0 spiro atoms. The van der Waals surface area contributed by atoms with Gasteiger partial charge in [-0.05, 0) is 48.0 Å². The van der Waals surface area contributed by atoms with Gasteiger partial charge in [-0.1, -0.05) is 41.4 Å². The van der Waals surface area contributed by atoms with Crippen LogP contribution in [0.4, 0.5) is 5.69 Å². The van der Waals surface area contributed by atoms with E-state index in [4.69, 9.17) is 23.2 Å². The summed E-state index contributed by atoms with van der Waals surface area (Å²) in [5, 5.41) is 12.6. The molecule has 9 nitrogen and oxygen atoms in total. The molecular weight excluding hydrogens is 519 g/mol. The Balaban J connectivity index is 1.61. The number of rotatable bonds is 7. The van der Waals surface area contributed by atoms with Gasteiger partial charge >= 0.3 is 11.7 Å². The van der Waals surface area contributed by atoms with Gasteiger partial charge in [0.05, 0.1) is 32.2 Å². The van der Waals surface area contributed by atoms with Crippen LogP contribution in [0.2, 0.25) is 10.0 Å². The Morgan fingerprint density at radius 2 is 1.68 bits per heavy atom. The first kappa shape index (κ1) is 26.0. The number of hydrogen-bond donors (Lipinski definition) is 3. The molecule has 37 heavy (non-hydrogen) atoms. The van der Waals surface area contributed by atoms with Crippen LogP contribution in [0.3, 0.4) is 0 Å². The molecule has 0 aliphatic carbocycles. The molecule has 1 atom stereocenters. The number of nitrogens with one attached hydrogen (secondary N) is 2. The fraction of sp³-hybridized carbons (Fsp3) is 0.154. The molecule has 0 fully saturated rings. The Morgan fingerprint density at radius 3 is 2.27 bits per heavy atom. The third-order valence-electron chi connectivity index (χ3n) is 5.83. The molecule has 4 aromatic rings.